The molecule has 2 aromatic heterocycles. The molecule has 0 unspecified atom stereocenters. The fourth-order valence-corrected chi connectivity index (χ4v) is 2.24. The molecule has 0 N–H and O–H groups in total. The highest BCUT2D eigenvalue weighted by atomic mass is 79.9. The van der Waals surface area contributed by atoms with Crippen LogP contribution in [0.15, 0.2) is 34.2 Å². The van der Waals surface area contributed by atoms with Crippen LogP contribution in [0.1, 0.15) is 0 Å². The first-order chi connectivity index (χ1) is 5.86. The minimum absolute atomic E-state index is 0.924. The minimum atomic E-state index is 0.924. The number of thiophene rings is 1. The monoisotopic (exact) mass is 240 g/mol. The lowest BCUT2D eigenvalue weighted by molar-refractivity contribution is 1.04. The SMILES string of the molecule is Brc1ccc(-c2cccnn2)s1. The molecule has 2 heterocycles. The summed E-state index contributed by atoms with van der Waals surface area (Å²) < 4.78 is 1.11. The molecule has 2 rings (SSSR count). The van der Waals surface area contributed by atoms with E-state index < -0.39 is 0 Å². The van der Waals surface area contributed by atoms with E-state index in [-0.39, 0.29) is 0 Å². The summed E-state index contributed by atoms with van der Waals surface area (Å²) in [6.07, 6.45) is 1.67. The predicted octanol–water partition coefficient (Wildman–Crippen LogP) is 2.97. The third-order valence-corrected chi connectivity index (χ3v) is 3.04. The highest BCUT2D eigenvalue weighted by Crippen LogP contribution is 2.29. The van der Waals surface area contributed by atoms with Gasteiger partial charge in [-0.15, -0.1) is 16.4 Å². The molecule has 0 atom stereocenters. The number of nitrogens with zero attached hydrogens (tertiary/aromatic N) is 2. The van der Waals surface area contributed by atoms with Crippen LogP contribution >= 0.6 is 27.3 Å². The van der Waals surface area contributed by atoms with E-state index in [0.717, 1.165) is 14.4 Å². The summed E-state index contributed by atoms with van der Waals surface area (Å²) in [5.41, 5.74) is 0.924. The molecule has 0 saturated carbocycles. The Morgan fingerprint density at radius 1 is 1.25 bits per heavy atom. The van der Waals surface area contributed by atoms with Gasteiger partial charge in [-0.05, 0) is 40.2 Å². The zero-order chi connectivity index (χ0) is 8.39. The van der Waals surface area contributed by atoms with Crippen LogP contribution in [-0.4, -0.2) is 10.2 Å². The molecule has 0 radical (unpaired) electrons. The van der Waals surface area contributed by atoms with E-state index in [1.54, 1.807) is 17.5 Å². The second-order valence-corrected chi connectivity index (χ2v) is 4.68. The van der Waals surface area contributed by atoms with Crippen LogP contribution in [0.5, 0.6) is 0 Å². The van der Waals surface area contributed by atoms with Crippen LogP contribution in [0, 0.1) is 0 Å². The highest BCUT2D eigenvalue weighted by molar-refractivity contribution is 9.11. The maximum atomic E-state index is 4.00. The van der Waals surface area contributed by atoms with Gasteiger partial charge in [-0.1, -0.05) is 0 Å². The Hall–Kier alpha value is -0.740. The fraction of sp³-hybridized carbons (Fsp3) is 0. The molecule has 0 bridgehead atoms. The smallest absolute Gasteiger partial charge is 0.103 e. The van der Waals surface area contributed by atoms with Gasteiger partial charge in [-0.3, -0.25) is 0 Å². The van der Waals surface area contributed by atoms with Gasteiger partial charge < -0.3 is 0 Å². The average molecular weight is 241 g/mol. The molecule has 0 spiro atoms. The van der Waals surface area contributed by atoms with Gasteiger partial charge in [-0.25, -0.2) is 0 Å². The van der Waals surface area contributed by atoms with Crippen LogP contribution in [0.4, 0.5) is 0 Å². The Bertz CT molecular complexity index is 372. The maximum absolute atomic E-state index is 4.00. The van der Waals surface area contributed by atoms with Gasteiger partial charge in [0.2, 0.25) is 0 Å². The molecule has 0 amide bonds. The molecule has 0 aromatic carbocycles. The quantitative estimate of drug-likeness (QED) is 0.767. The molecule has 2 nitrogen and oxygen atoms in total. The molecule has 12 heavy (non-hydrogen) atoms. The van der Waals surface area contributed by atoms with Crippen LogP contribution in [-0.2, 0) is 0 Å². The van der Waals surface area contributed by atoms with Gasteiger partial charge in [0.05, 0.1) is 8.66 Å². The highest BCUT2D eigenvalue weighted by Gasteiger charge is 2.00. The number of hydrogen-bond acceptors (Lipinski definition) is 3. The molecule has 4 heteroatoms. The van der Waals surface area contributed by atoms with E-state index in [0.29, 0.717) is 0 Å². The Labute approximate surface area is 82.4 Å². The summed E-state index contributed by atoms with van der Waals surface area (Å²) >= 11 is 5.05. The van der Waals surface area contributed by atoms with Crippen molar-refractivity contribution in [3.05, 3.63) is 34.2 Å². The standard InChI is InChI=1S/C8H5BrN2S/c9-8-4-3-7(12-8)6-2-1-5-10-11-6/h1-5H. The summed E-state index contributed by atoms with van der Waals surface area (Å²) in [7, 11) is 0. The van der Waals surface area contributed by atoms with Gasteiger partial charge in [0.25, 0.3) is 0 Å². The van der Waals surface area contributed by atoms with Crippen LogP contribution in [0.25, 0.3) is 10.6 Å². The predicted molar refractivity (Wildman–Crippen MR) is 53.0 cm³/mol. The first-order valence-electron chi connectivity index (χ1n) is 3.40. The molecular weight excluding hydrogens is 236 g/mol. The van der Waals surface area contributed by atoms with E-state index in [2.05, 4.69) is 26.1 Å². The van der Waals surface area contributed by atoms with E-state index in [1.807, 2.05) is 24.3 Å². The van der Waals surface area contributed by atoms with E-state index in [9.17, 15) is 0 Å². The number of rotatable bonds is 1. The first kappa shape index (κ1) is 7.89. The van der Waals surface area contributed by atoms with E-state index in [1.165, 1.54) is 0 Å². The molecule has 0 fully saturated rings. The van der Waals surface area contributed by atoms with Crippen molar-refractivity contribution in [2.45, 2.75) is 0 Å². The average Bonchev–Trinajstić information content (AvgIpc) is 2.54. The van der Waals surface area contributed by atoms with Gasteiger partial charge >= 0.3 is 0 Å². The Morgan fingerprint density at radius 3 is 2.75 bits per heavy atom. The van der Waals surface area contributed by atoms with E-state index in [4.69, 9.17) is 0 Å². The van der Waals surface area contributed by atoms with Crippen molar-refractivity contribution in [1.82, 2.24) is 10.2 Å². The van der Waals surface area contributed by atoms with Crippen molar-refractivity contribution >= 4 is 27.3 Å². The van der Waals surface area contributed by atoms with Crippen molar-refractivity contribution < 1.29 is 0 Å². The summed E-state index contributed by atoms with van der Waals surface area (Å²) in [6.45, 7) is 0. The summed E-state index contributed by atoms with van der Waals surface area (Å²) in [4.78, 5) is 1.13. The summed E-state index contributed by atoms with van der Waals surface area (Å²) in [6, 6.07) is 7.87. The van der Waals surface area contributed by atoms with Gasteiger partial charge in [0.1, 0.15) is 5.69 Å². The molecule has 60 valence electrons. The Morgan fingerprint density at radius 2 is 2.17 bits per heavy atom. The van der Waals surface area contributed by atoms with Crippen molar-refractivity contribution in [2.75, 3.05) is 0 Å². The largest absolute Gasteiger partial charge is 0.159 e. The van der Waals surface area contributed by atoms with Gasteiger partial charge in [-0.2, -0.15) is 5.10 Å². The van der Waals surface area contributed by atoms with Crippen molar-refractivity contribution in [2.24, 2.45) is 0 Å². The minimum Gasteiger partial charge on any atom is -0.159 e. The number of aromatic nitrogens is 2. The number of hydrogen-bond donors (Lipinski definition) is 0. The topological polar surface area (TPSA) is 25.8 Å². The van der Waals surface area contributed by atoms with Crippen LogP contribution in [0.2, 0.25) is 0 Å². The van der Waals surface area contributed by atoms with Gasteiger partial charge in [0.15, 0.2) is 0 Å². The molecule has 0 aliphatic rings. The zero-order valence-electron chi connectivity index (χ0n) is 6.07. The summed E-state index contributed by atoms with van der Waals surface area (Å²) in [5, 5.41) is 7.81. The third kappa shape index (κ3) is 1.54. The lowest BCUT2D eigenvalue weighted by Gasteiger charge is -1.91. The Balaban J connectivity index is 2.45. The maximum Gasteiger partial charge on any atom is 0.103 e. The first-order valence-corrected chi connectivity index (χ1v) is 5.00. The number of halogens is 1. The fourth-order valence-electron chi connectivity index (χ4n) is 0.885. The van der Waals surface area contributed by atoms with Crippen molar-refractivity contribution in [1.29, 1.82) is 0 Å². The zero-order valence-corrected chi connectivity index (χ0v) is 8.47. The van der Waals surface area contributed by atoms with Crippen molar-refractivity contribution in [3.8, 4) is 10.6 Å². The third-order valence-electron chi connectivity index (χ3n) is 1.40. The molecule has 0 aliphatic heterocycles. The van der Waals surface area contributed by atoms with E-state index >= 15 is 0 Å². The summed E-state index contributed by atoms with van der Waals surface area (Å²) in [5.74, 6) is 0. The molecular formula is C8H5BrN2S. The van der Waals surface area contributed by atoms with Crippen LogP contribution < -0.4 is 0 Å². The molecule has 2 aromatic rings. The Kier molecular flexibility index (Phi) is 2.19. The van der Waals surface area contributed by atoms with Crippen LogP contribution in [0.3, 0.4) is 0 Å². The molecule has 0 saturated heterocycles. The molecule has 0 aliphatic carbocycles. The lowest BCUT2D eigenvalue weighted by atomic mass is 10.3. The van der Waals surface area contributed by atoms with Crippen molar-refractivity contribution in [3.63, 3.8) is 0 Å². The normalized spacial score (nSPS) is 10.1. The second kappa shape index (κ2) is 3.33. The lowest BCUT2D eigenvalue weighted by Crippen LogP contribution is -1.81. The van der Waals surface area contributed by atoms with Gasteiger partial charge in [0, 0.05) is 6.20 Å². The second-order valence-electron chi connectivity index (χ2n) is 2.21.